The van der Waals surface area contributed by atoms with Crippen LogP contribution in [0, 0.1) is 5.92 Å². The molecule has 0 rings (SSSR count). The van der Waals surface area contributed by atoms with E-state index in [1.54, 1.807) is 0 Å². The minimum absolute atomic E-state index is 0.0952. The fraction of sp³-hybridized carbons (Fsp3) is 0.968. The summed E-state index contributed by atoms with van der Waals surface area (Å²) in [7, 11) is 0. The van der Waals surface area contributed by atoms with Crippen molar-refractivity contribution >= 4 is 5.97 Å². The first kappa shape index (κ1) is 32.5. The molecule has 0 aromatic rings. The fourth-order valence-electron chi connectivity index (χ4n) is 5.03. The summed E-state index contributed by atoms with van der Waals surface area (Å²) in [5.74, 6) is -0.665. The second kappa shape index (κ2) is 27.7. The van der Waals surface area contributed by atoms with Crippen molar-refractivity contribution in [2.75, 3.05) is 0 Å². The average Bonchev–Trinajstić information content (AvgIpc) is 2.81. The highest BCUT2D eigenvalue weighted by Gasteiger charge is 2.16. The van der Waals surface area contributed by atoms with Crippen LogP contribution in [-0.2, 0) is 4.79 Å². The first-order valence-electron chi connectivity index (χ1n) is 15.4. The maximum Gasteiger partial charge on any atom is 0.306 e. The molecule has 0 aliphatic heterocycles. The second-order valence-electron chi connectivity index (χ2n) is 10.7. The summed E-state index contributed by atoms with van der Waals surface area (Å²) in [5, 5.41) is 9.40. The van der Waals surface area contributed by atoms with Crippen molar-refractivity contribution in [1.29, 1.82) is 0 Å². The Labute approximate surface area is 209 Å². The molecule has 0 spiro atoms. The van der Waals surface area contributed by atoms with E-state index in [-0.39, 0.29) is 5.92 Å². The van der Waals surface area contributed by atoms with E-state index in [0.29, 0.717) is 0 Å². The molecule has 0 bridgehead atoms. The van der Waals surface area contributed by atoms with Crippen molar-refractivity contribution in [3.05, 3.63) is 0 Å². The van der Waals surface area contributed by atoms with Gasteiger partial charge in [0.15, 0.2) is 0 Å². The van der Waals surface area contributed by atoms with Gasteiger partial charge in [0.2, 0.25) is 0 Å². The SMILES string of the molecule is CCCCCCCCCCCCCCCCCCCCCCCC(CCCCCC)C(=O)O. The quantitative estimate of drug-likeness (QED) is 0.116. The molecule has 2 heteroatoms. The number of hydrogen-bond acceptors (Lipinski definition) is 1. The van der Waals surface area contributed by atoms with Gasteiger partial charge in [-0.2, -0.15) is 0 Å². The Kier molecular flexibility index (Phi) is 27.3. The van der Waals surface area contributed by atoms with Gasteiger partial charge in [0.05, 0.1) is 5.92 Å². The summed E-state index contributed by atoms with van der Waals surface area (Å²) in [5.41, 5.74) is 0. The third-order valence-electron chi connectivity index (χ3n) is 7.41. The van der Waals surface area contributed by atoms with E-state index in [1.807, 2.05) is 0 Å². The van der Waals surface area contributed by atoms with Crippen LogP contribution in [0.2, 0.25) is 0 Å². The predicted molar refractivity (Wildman–Crippen MR) is 147 cm³/mol. The zero-order valence-electron chi connectivity index (χ0n) is 23.0. The van der Waals surface area contributed by atoms with Gasteiger partial charge in [-0.05, 0) is 12.8 Å². The van der Waals surface area contributed by atoms with Crippen molar-refractivity contribution in [3.63, 3.8) is 0 Å². The van der Waals surface area contributed by atoms with E-state index < -0.39 is 5.97 Å². The summed E-state index contributed by atoms with van der Waals surface area (Å²) < 4.78 is 0. The lowest BCUT2D eigenvalue weighted by atomic mass is 9.94. The molecule has 0 amide bonds. The van der Waals surface area contributed by atoms with Crippen molar-refractivity contribution in [2.24, 2.45) is 5.92 Å². The number of aliphatic carboxylic acids is 1. The first-order chi connectivity index (χ1) is 16.2. The number of carboxylic acids is 1. The molecule has 0 aliphatic rings. The number of rotatable bonds is 28. The minimum atomic E-state index is -0.570. The topological polar surface area (TPSA) is 37.3 Å². The van der Waals surface area contributed by atoms with E-state index in [4.69, 9.17) is 0 Å². The lowest BCUT2D eigenvalue weighted by Gasteiger charge is -2.12. The molecule has 198 valence electrons. The van der Waals surface area contributed by atoms with Crippen molar-refractivity contribution in [3.8, 4) is 0 Å². The van der Waals surface area contributed by atoms with E-state index in [9.17, 15) is 9.90 Å². The lowest BCUT2D eigenvalue weighted by molar-refractivity contribution is -0.142. The van der Waals surface area contributed by atoms with Crippen LogP contribution >= 0.6 is 0 Å². The van der Waals surface area contributed by atoms with Gasteiger partial charge in [0, 0.05) is 0 Å². The zero-order valence-corrected chi connectivity index (χ0v) is 23.0. The molecule has 1 unspecified atom stereocenters. The van der Waals surface area contributed by atoms with E-state index in [1.165, 1.54) is 148 Å². The number of carbonyl (C=O) groups is 1. The maximum absolute atomic E-state index is 11.4. The summed E-state index contributed by atoms with van der Waals surface area (Å²) in [4.78, 5) is 11.4. The average molecular weight is 467 g/mol. The molecule has 0 aromatic carbocycles. The van der Waals surface area contributed by atoms with Crippen molar-refractivity contribution < 1.29 is 9.90 Å². The summed E-state index contributed by atoms with van der Waals surface area (Å²) in [6, 6.07) is 0. The number of unbranched alkanes of at least 4 members (excludes halogenated alkanes) is 23. The van der Waals surface area contributed by atoms with Crippen LogP contribution < -0.4 is 0 Å². The molecule has 0 heterocycles. The Bertz CT molecular complexity index is 379. The molecular weight excluding hydrogens is 404 g/mol. The molecule has 0 aliphatic carbocycles. The first-order valence-corrected chi connectivity index (χ1v) is 15.4. The molecule has 1 atom stereocenters. The zero-order chi connectivity index (χ0) is 24.2. The van der Waals surface area contributed by atoms with Gasteiger partial charge in [-0.3, -0.25) is 4.79 Å². The van der Waals surface area contributed by atoms with Gasteiger partial charge in [0.1, 0.15) is 0 Å². The Morgan fingerprint density at radius 1 is 0.424 bits per heavy atom. The minimum Gasteiger partial charge on any atom is -0.481 e. The number of carboxylic acid groups (broad SMARTS) is 1. The predicted octanol–water partition coefficient (Wildman–Crippen LogP) is 11.3. The van der Waals surface area contributed by atoms with Crippen LogP contribution in [0.5, 0.6) is 0 Å². The Balaban J connectivity index is 3.23. The molecule has 0 saturated heterocycles. The smallest absolute Gasteiger partial charge is 0.306 e. The number of hydrogen-bond donors (Lipinski definition) is 1. The van der Waals surface area contributed by atoms with E-state index >= 15 is 0 Å². The maximum atomic E-state index is 11.4. The van der Waals surface area contributed by atoms with Crippen LogP contribution in [0.1, 0.15) is 187 Å². The normalized spacial score (nSPS) is 12.3. The molecule has 0 radical (unpaired) electrons. The molecule has 33 heavy (non-hydrogen) atoms. The van der Waals surface area contributed by atoms with E-state index in [2.05, 4.69) is 13.8 Å². The Morgan fingerprint density at radius 2 is 0.636 bits per heavy atom. The van der Waals surface area contributed by atoms with Crippen molar-refractivity contribution in [1.82, 2.24) is 0 Å². The monoisotopic (exact) mass is 466 g/mol. The molecule has 0 fully saturated rings. The molecular formula is C31H62O2. The fourth-order valence-corrected chi connectivity index (χ4v) is 5.03. The van der Waals surface area contributed by atoms with Crippen molar-refractivity contribution in [2.45, 2.75) is 187 Å². The van der Waals surface area contributed by atoms with Gasteiger partial charge in [-0.1, -0.05) is 174 Å². The third-order valence-corrected chi connectivity index (χ3v) is 7.41. The van der Waals surface area contributed by atoms with Crippen LogP contribution in [0.15, 0.2) is 0 Å². The molecule has 0 saturated carbocycles. The molecule has 0 aromatic heterocycles. The van der Waals surface area contributed by atoms with Crippen LogP contribution in [0.25, 0.3) is 0 Å². The highest BCUT2D eigenvalue weighted by Crippen LogP contribution is 2.20. The van der Waals surface area contributed by atoms with Gasteiger partial charge in [-0.15, -0.1) is 0 Å². The standard InChI is InChI=1S/C31H62O2/c1-3-5-7-9-10-11-12-13-14-15-16-17-18-19-20-21-22-23-24-25-27-29-30(31(32)33)28-26-8-6-4-2/h30H,3-29H2,1-2H3,(H,32,33). The van der Waals surface area contributed by atoms with Crippen LogP contribution in [0.4, 0.5) is 0 Å². The van der Waals surface area contributed by atoms with Gasteiger partial charge in [-0.25, -0.2) is 0 Å². The Morgan fingerprint density at radius 3 is 0.879 bits per heavy atom. The summed E-state index contributed by atoms with van der Waals surface area (Å²) >= 11 is 0. The summed E-state index contributed by atoms with van der Waals surface area (Å²) in [6.45, 7) is 4.50. The largest absolute Gasteiger partial charge is 0.481 e. The highest BCUT2D eigenvalue weighted by molar-refractivity contribution is 5.69. The van der Waals surface area contributed by atoms with Gasteiger partial charge < -0.3 is 5.11 Å². The van der Waals surface area contributed by atoms with Crippen LogP contribution in [-0.4, -0.2) is 11.1 Å². The van der Waals surface area contributed by atoms with Gasteiger partial charge in [0.25, 0.3) is 0 Å². The van der Waals surface area contributed by atoms with Gasteiger partial charge >= 0.3 is 5.97 Å². The van der Waals surface area contributed by atoms with E-state index in [0.717, 1.165) is 25.7 Å². The summed E-state index contributed by atoms with van der Waals surface area (Å²) in [6.07, 6.45) is 35.9. The highest BCUT2D eigenvalue weighted by atomic mass is 16.4. The molecule has 2 nitrogen and oxygen atoms in total. The Hall–Kier alpha value is -0.530. The van der Waals surface area contributed by atoms with Crippen LogP contribution in [0.3, 0.4) is 0 Å². The molecule has 1 N–H and O–H groups in total. The lowest BCUT2D eigenvalue weighted by Crippen LogP contribution is -2.13. The third kappa shape index (κ3) is 25.9. The second-order valence-corrected chi connectivity index (χ2v) is 10.7.